The molecule has 1 N–H and O–H groups in total. The number of benzene rings is 3. The number of carbonyl (C=O) groups excluding carboxylic acids is 2. The van der Waals surface area contributed by atoms with Crippen LogP contribution in [-0.4, -0.2) is 35.5 Å². The summed E-state index contributed by atoms with van der Waals surface area (Å²) in [5.74, 6) is -1.30. The molecule has 0 saturated carbocycles. The van der Waals surface area contributed by atoms with Crippen LogP contribution in [0.2, 0.25) is 5.02 Å². The van der Waals surface area contributed by atoms with Crippen molar-refractivity contribution in [1.29, 1.82) is 0 Å². The number of carboxylic acids is 1. The molecule has 0 aromatic heterocycles. The van der Waals surface area contributed by atoms with Gasteiger partial charge < -0.3 is 14.9 Å². The molecule has 210 valence electrons. The van der Waals surface area contributed by atoms with E-state index in [1.54, 1.807) is 35.8 Å². The minimum absolute atomic E-state index is 0.00107. The molecule has 6 nitrogen and oxygen atoms in total. The summed E-state index contributed by atoms with van der Waals surface area (Å²) in [4.78, 5) is 42.8. The predicted molar refractivity (Wildman–Crippen MR) is 160 cm³/mol. The molecule has 1 heterocycles. The molecule has 3 atom stereocenters. The fourth-order valence-corrected chi connectivity index (χ4v) is 5.82. The van der Waals surface area contributed by atoms with Crippen LogP contribution in [0.3, 0.4) is 0 Å². The zero-order chi connectivity index (χ0) is 29.2. The Morgan fingerprint density at radius 1 is 1.02 bits per heavy atom. The molecule has 1 aliphatic rings. The van der Waals surface area contributed by atoms with Gasteiger partial charge in [0.2, 0.25) is 5.91 Å². The van der Waals surface area contributed by atoms with E-state index in [2.05, 4.69) is 0 Å². The summed E-state index contributed by atoms with van der Waals surface area (Å²) < 4.78 is 0. The molecular formula is C33H37ClN2O4. The summed E-state index contributed by atoms with van der Waals surface area (Å²) in [5.41, 5.74) is 3.09. The Bertz CT molecular complexity index is 1380. The van der Waals surface area contributed by atoms with E-state index in [9.17, 15) is 19.5 Å². The van der Waals surface area contributed by atoms with E-state index < -0.39 is 11.4 Å². The molecule has 0 spiro atoms. The molecule has 2 amide bonds. The van der Waals surface area contributed by atoms with Crippen LogP contribution in [0.4, 0.5) is 11.4 Å². The Kier molecular flexibility index (Phi) is 8.69. The van der Waals surface area contributed by atoms with Crippen LogP contribution >= 0.6 is 11.6 Å². The second-order valence-electron chi connectivity index (χ2n) is 11.3. The van der Waals surface area contributed by atoms with Gasteiger partial charge in [0, 0.05) is 34.5 Å². The number of nitrogens with zero attached hydrogens (tertiary/aromatic N) is 2. The zero-order valence-electron chi connectivity index (χ0n) is 23.7. The fourth-order valence-electron chi connectivity index (χ4n) is 5.69. The summed E-state index contributed by atoms with van der Waals surface area (Å²) in [6, 6.07) is 22.2. The molecule has 3 aromatic carbocycles. The number of anilines is 2. The third-order valence-corrected chi connectivity index (χ3v) is 8.20. The standard InChI is InChI=1S/C33H37ClN2O4/c1-6-35(26-17-15-25(34)16-18-26)31(38)28-19-22(3)36(29-10-8-7-9-27(28)29)30(37)24-13-11-23(12-14-24)21(2)20-33(4,5)32(39)40/h7-18,21-22,28H,6,19-20H2,1-5H3,(H,39,40)/t21-,22-,28?/m0/s1. The fraction of sp³-hybridized carbons (Fsp3) is 0.364. The lowest BCUT2D eigenvalue weighted by Gasteiger charge is -2.40. The number of amides is 2. The normalized spacial score (nSPS) is 17.6. The van der Waals surface area contributed by atoms with Crippen molar-refractivity contribution in [3.63, 3.8) is 0 Å². The first-order valence-electron chi connectivity index (χ1n) is 13.8. The Morgan fingerprint density at radius 2 is 1.65 bits per heavy atom. The van der Waals surface area contributed by atoms with Crippen LogP contribution in [0.15, 0.2) is 72.8 Å². The minimum atomic E-state index is -0.838. The molecule has 0 saturated heterocycles. The van der Waals surface area contributed by atoms with Crippen molar-refractivity contribution >= 4 is 40.8 Å². The van der Waals surface area contributed by atoms with Gasteiger partial charge in [0.1, 0.15) is 0 Å². The highest BCUT2D eigenvalue weighted by Gasteiger charge is 2.39. The van der Waals surface area contributed by atoms with Crippen molar-refractivity contribution in [3.05, 3.63) is 94.5 Å². The molecule has 1 aliphatic heterocycles. The Morgan fingerprint density at radius 3 is 2.25 bits per heavy atom. The van der Waals surface area contributed by atoms with E-state index in [0.717, 1.165) is 22.5 Å². The number of carbonyl (C=O) groups is 3. The number of hydrogen-bond donors (Lipinski definition) is 1. The molecule has 40 heavy (non-hydrogen) atoms. The maximum absolute atomic E-state index is 13.9. The number of para-hydroxylation sites is 1. The van der Waals surface area contributed by atoms with Gasteiger partial charge in [0.25, 0.3) is 5.91 Å². The third-order valence-electron chi connectivity index (χ3n) is 7.95. The van der Waals surface area contributed by atoms with Crippen LogP contribution in [0, 0.1) is 5.41 Å². The predicted octanol–water partition coefficient (Wildman–Crippen LogP) is 7.52. The summed E-state index contributed by atoms with van der Waals surface area (Å²) in [7, 11) is 0. The topological polar surface area (TPSA) is 77.9 Å². The van der Waals surface area contributed by atoms with Crippen molar-refractivity contribution in [3.8, 4) is 0 Å². The minimum Gasteiger partial charge on any atom is -0.481 e. The Hall–Kier alpha value is -3.64. The van der Waals surface area contributed by atoms with Crippen molar-refractivity contribution < 1.29 is 19.5 Å². The van der Waals surface area contributed by atoms with Crippen LogP contribution in [0.25, 0.3) is 0 Å². The smallest absolute Gasteiger partial charge is 0.309 e. The first-order valence-corrected chi connectivity index (χ1v) is 14.1. The maximum atomic E-state index is 13.9. The quantitative estimate of drug-likeness (QED) is 0.309. The van der Waals surface area contributed by atoms with Gasteiger partial charge in [-0.1, -0.05) is 48.9 Å². The van der Waals surface area contributed by atoms with Gasteiger partial charge in [-0.05, 0) is 100 Å². The average molecular weight is 561 g/mol. The van der Waals surface area contributed by atoms with Crippen LogP contribution in [0.5, 0.6) is 0 Å². The van der Waals surface area contributed by atoms with E-state index in [1.165, 1.54) is 0 Å². The second kappa shape index (κ2) is 11.8. The Balaban J connectivity index is 1.59. The van der Waals surface area contributed by atoms with E-state index in [1.807, 2.05) is 81.4 Å². The molecule has 1 unspecified atom stereocenters. The van der Waals surface area contributed by atoms with E-state index in [4.69, 9.17) is 11.6 Å². The third kappa shape index (κ3) is 5.92. The molecule has 0 radical (unpaired) electrons. The van der Waals surface area contributed by atoms with Crippen molar-refractivity contribution in [2.24, 2.45) is 5.41 Å². The van der Waals surface area contributed by atoms with Gasteiger partial charge in [0.05, 0.1) is 11.3 Å². The molecule has 3 aromatic rings. The largest absolute Gasteiger partial charge is 0.481 e. The number of rotatable bonds is 8. The van der Waals surface area contributed by atoms with E-state index in [-0.39, 0.29) is 29.7 Å². The first kappa shape index (κ1) is 29.3. The van der Waals surface area contributed by atoms with Gasteiger partial charge in [0.15, 0.2) is 0 Å². The Labute approximate surface area is 241 Å². The van der Waals surface area contributed by atoms with Crippen LogP contribution in [-0.2, 0) is 9.59 Å². The molecular weight excluding hydrogens is 524 g/mol. The number of fused-ring (bicyclic) bond motifs is 1. The number of halogens is 1. The average Bonchev–Trinajstić information content (AvgIpc) is 2.93. The summed E-state index contributed by atoms with van der Waals surface area (Å²) in [6.07, 6.45) is 0.997. The highest BCUT2D eigenvalue weighted by atomic mass is 35.5. The SMILES string of the molecule is CCN(C(=O)C1C[C@H](C)N(C(=O)c2ccc([C@@H](C)CC(C)(C)C(=O)O)cc2)c2ccccc21)c1ccc(Cl)cc1. The molecule has 0 fully saturated rings. The second-order valence-corrected chi connectivity index (χ2v) is 11.8. The lowest BCUT2D eigenvalue weighted by Crippen LogP contribution is -2.46. The lowest BCUT2D eigenvalue weighted by atomic mass is 9.80. The molecule has 7 heteroatoms. The highest BCUT2D eigenvalue weighted by molar-refractivity contribution is 6.30. The van der Waals surface area contributed by atoms with Crippen LogP contribution in [0.1, 0.15) is 80.8 Å². The van der Waals surface area contributed by atoms with Crippen molar-refractivity contribution in [2.45, 2.75) is 65.3 Å². The van der Waals surface area contributed by atoms with Crippen LogP contribution < -0.4 is 9.80 Å². The first-order chi connectivity index (χ1) is 18.9. The maximum Gasteiger partial charge on any atom is 0.309 e. The number of aliphatic carboxylic acids is 1. The number of carboxylic acid groups (broad SMARTS) is 1. The van der Waals surface area contributed by atoms with Gasteiger partial charge >= 0.3 is 5.97 Å². The van der Waals surface area contributed by atoms with Gasteiger partial charge in [-0.2, -0.15) is 0 Å². The molecule has 0 aliphatic carbocycles. The van der Waals surface area contributed by atoms with E-state index >= 15 is 0 Å². The summed E-state index contributed by atoms with van der Waals surface area (Å²) in [6.45, 7) is 9.92. The van der Waals surface area contributed by atoms with Gasteiger partial charge in [-0.15, -0.1) is 0 Å². The lowest BCUT2D eigenvalue weighted by molar-refractivity contribution is -0.147. The van der Waals surface area contributed by atoms with Crippen molar-refractivity contribution in [2.75, 3.05) is 16.3 Å². The monoisotopic (exact) mass is 560 g/mol. The van der Waals surface area contributed by atoms with E-state index in [0.29, 0.717) is 30.0 Å². The highest BCUT2D eigenvalue weighted by Crippen LogP contribution is 2.41. The summed E-state index contributed by atoms with van der Waals surface area (Å²) >= 11 is 6.07. The van der Waals surface area contributed by atoms with Gasteiger partial charge in [-0.3, -0.25) is 14.4 Å². The number of likely N-dealkylation sites (N-methyl/N-ethyl adjacent to an activating group) is 1. The number of hydrogen-bond acceptors (Lipinski definition) is 3. The molecule has 0 bridgehead atoms. The molecule has 4 rings (SSSR count). The van der Waals surface area contributed by atoms with Gasteiger partial charge in [-0.25, -0.2) is 0 Å². The van der Waals surface area contributed by atoms with Crippen molar-refractivity contribution in [1.82, 2.24) is 0 Å². The zero-order valence-corrected chi connectivity index (χ0v) is 24.5. The summed E-state index contributed by atoms with van der Waals surface area (Å²) in [5, 5.41) is 10.1.